The number of amides is 2. The van der Waals surface area contributed by atoms with Crippen molar-refractivity contribution in [3.8, 4) is 0 Å². The first-order valence-corrected chi connectivity index (χ1v) is 8.27. The number of rotatable bonds is 3. The molecule has 128 valence electrons. The summed E-state index contributed by atoms with van der Waals surface area (Å²) in [6, 6.07) is 8.15. The summed E-state index contributed by atoms with van der Waals surface area (Å²) < 4.78 is 36.1. The smallest absolute Gasteiger partial charge is 0.324 e. The number of benzene rings is 2. The van der Waals surface area contributed by atoms with Gasteiger partial charge < -0.3 is 4.84 Å². The van der Waals surface area contributed by atoms with Crippen LogP contribution >= 0.6 is 0 Å². The molecule has 0 aliphatic carbocycles. The number of nitrogens with two attached hydrogens (primary N) is 1. The molecule has 0 atom stereocenters. The van der Waals surface area contributed by atoms with Crippen LogP contribution in [0.2, 0.25) is 0 Å². The molecule has 10 heteroatoms. The Hall–Kier alpha value is -3.11. The van der Waals surface area contributed by atoms with Crippen LogP contribution in [0.25, 0.3) is 0 Å². The van der Waals surface area contributed by atoms with E-state index in [4.69, 9.17) is 9.98 Å². The van der Waals surface area contributed by atoms with E-state index in [-0.39, 0.29) is 16.2 Å². The van der Waals surface area contributed by atoms with Crippen molar-refractivity contribution in [2.75, 3.05) is 0 Å². The van der Waals surface area contributed by atoms with Crippen molar-refractivity contribution < 1.29 is 32.0 Å². The molecule has 2 amide bonds. The van der Waals surface area contributed by atoms with Gasteiger partial charge in [-0.2, -0.15) is 0 Å². The van der Waals surface area contributed by atoms with E-state index in [1.165, 1.54) is 24.3 Å². The van der Waals surface area contributed by atoms with Crippen LogP contribution in [-0.4, -0.2) is 31.3 Å². The average Bonchev–Trinajstić information content (AvgIpc) is 2.79. The third kappa shape index (κ3) is 2.88. The number of carbonyl (C=O) groups excluding carboxylic acids is 3. The molecule has 3 rings (SSSR count). The molecule has 0 saturated heterocycles. The molecule has 0 fully saturated rings. The van der Waals surface area contributed by atoms with Crippen LogP contribution in [0.5, 0.6) is 0 Å². The molecule has 2 N–H and O–H groups in total. The first kappa shape index (κ1) is 16.7. The van der Waals surface area contributed by atoms with Gasteiger partial charge in [0.1, 0.15) is 10.7 Å². The van der Waals surface area contributed by atoms with Crippen molar-refractivity contribution in [1.29, 1.82) is 0 Å². The Morgan fingerprint density at radius 1 is 1.04 bits per heavy atom. The minimum atomic E-state index is -4.41. The number of carbonyl (C=O) groups is 3. The lowest BCUT2D eigenvalue weighted by molar-refractivity contribution is -0.0584. The lowest BCUT2D eigenvalue weighted by Gasteiger charge is -2.13. The highest BCUT2D eigenvalue weighted by molar-refractivity contribution is 7.89. The summed E-state index contributed by atoms with van der Waals surface area (Å²) in [4.78, 5) is 40.2. The van der Waals surface area contributed by atoms with Gasteiger partial charge in [0.15, 0.2) is 0 Å². The van der Waals surface area contributed by atoms with Crippen molar-refractivity contribution in [2.24, 2.45) is 5.14 Å². The van der Waals surface area contributed by atoms with Crippen molar-refractivity contribution in [3.05, 3.63) is 65.0 Å². The first-order chi connectivity index (χ1) is 11.7. The predicted octanol–water partition coefficient (Wildman–Crippen LogP) is 0.841. The molecule has 1 heterocycles. The summed E-state index contributed by atoms with van der Waals surface area (Å²) in [5, 5.41) is 5.11. The highest BCUT2D eigenvalue weighted by atomic mass is 32.2. The Labute approximate surface area is 140 Å². The van der Waals surface area contributed by atoms with E-state index in [0.29, 0.717) is 12.1 Å². The molecular formula is C15H9FN2O6S. The number of nitrogens with zero attached hydrogens (tertiary/aromatic N) is 1. The second-order valence-corrected chi connectivity index (χ2v) is 6.55. The van der Waals surface area contributed by atoms with Crippen LogP contribution in [0, 0.1) is 5.82 Å². The molecule has 2 aromatic carbocycles. The first-order valence-electron chi connectivity index (χ1n) is 6.72. The van der Waals surface area contributed by atoms with Crippen LogP contribution in [0.15, 0.2) is 47.4 Å². The van der Waals surface area contributed by atoms with Crippen LogP contribution in [0.4, 0.5) is 4.39 Å². The van der Waals surface area contributed by atoms with Gasteiger partial charge in [-0.15, -0.1) is 0 Å². The molecule has 0 unspecified atom stereocenters. The zero-order valence-electron chi connectivity index (χ0n) is 12.3. The Balaban J connectivity index is 1.90. The maximum atomic E-state index is 13.5. The number of imide groups is 1. The molecule has 0 aromatic heterocycles. The zero-order chi connectivity index (χ0) is 18.4. The minimum absolute atomic E-state index is 0.0598. The third-order valence-electron chi connectivity index (χ3n) is 3.40. The average molecular weight is 364 g/mol. The summed E-state index contributed by atoms with van der Waals surface area (Å²) >= 11 is 0. The second-order valence-electron chi connectivity index (χ2n) is 5.02. The van der Waals surface area contributed by atoms with Gasteiger partial charge in [-0.3, -0.25) is 9.59 Å². The van der Waals surface area contributed by atoms with E-state index in [1.54, 1.807) is 0 Å². The van der Waals surface area contributed by atoms with Gasteiger partial charge >= 0.3 is 5.97 Å². The van der Waals surface area contributed by atoms with E-state index in [2.05, 4.69) is 0 Å². The maximum absolute atomic E-state index is 13.5. The third-order valence-corrected chi connectivity index (χ3v) is 4.33. The normalized spacial score (nSPS) is 13.8. The molecule has 0 spiro atoms. The SMILES string of the molecule is NS(=O)(=O)c1cc(C(=O)ON2C(=O)c3ccccc3C2=O)ccc1F. The van der Waals surface area contributed by atoms with Gasteiger partial charge in [0.05, 0.1) is 16.7 Å². The van der Waals surface area contributed by atoms with E-state index < -0.39 is 44.1 Å². The number of fused-ring (bicyclic) bond motifs is 1. The van der Waals surface area contributed by atoms with Gasteiger partial charge in [0, 0.05) is 0 Å². The summed E-state index contributed by atoms with van der Waals surface area (Å²) in [6.45, 7) is 0. The highest BCUT2D eigenvalue weighted by Crippen LogP contribution is 2.24. The molecule has 1 aliphatic rings. The van der Waals surface area contributed by atoms with Gasteiger partial charge in [-0.1, -0.05) is 17.2 Å². The molecule has 0 bridgehead atoms. The Bertz CT molecular complexity index is 999. The Kier molecular flexibility index (Phi) is 3.85. The maximum Gasteiger partial charge on any atom is 0.363 e. The quantitative estimate of drug-likeness (QED) is 0.805. The van der Waals surface area contributed by atoms with Crippen LogP contribution in [0.3, 0.4) is 0 Å². The van der Waals surface area contributed by atoms with Crippen molar-refractivity contribution in [1.82, 2.24) is 5.06 Å². The monoisotopic (exact) mass is 364 g/mol. The van der Waals surface area contributed by atoms with Crippen molar-refractivity contribution in [3.63, 3.8) is 0 Å². The largest absolute Gasteiger partial charge is 0.363 e. The Morgan fingerprint density at radius 2 is 1.60 bits per heavy atom. The lowest BCUT2D eigenvalue weighted by Crippen LogP contribution is -2.32. The second kappa shape index (κ2) is 5.76. The molecule has 8 nitrogen and oxygen atoms in total. The number of hydroxylamine groups is 2. The van der Waals surface area contributed by atoms with Gasteiger partial charge in [0.25, 0.3) is 11.8 Å². The highest BCUT2D eigenvalue weighted by Gasteiger charge is 2.38. The molecule has 25 heavy (non-hydrogen) atoms. The summed E-state index contributed by atoms with van der Waals surface area (Å²) in [5.41, 5.74) is -0.281. The zero-order valence-corrected chi connectivity index (χ0v) is 13.1. The minimum Gasteiger partial charge on any atom is -0.324 e. The van der Waals surface area contributed by atoms with E-state index in [1.807, 2.05) is 0 Å². The fourth-order valence-electron chi connectivity index (χ4n) is 2.23. The van der Waals surface area contributed by atoms with Gasteiger partial charge in [0.2, 0.25) is 10.0 Å². The Morgan fingerprint density at radius 3 is 2.12 bits per heavy atom. The van der Waals surface area contributed by atoms with Crippen molar-refractivity contribution in [2.45, 2.75) is 4.90 Å². The number of primary sulfonamides is 1. The number of sulfonamides is 1. The summed E-state index contributed by atoms with van der Waals surface area (Å²) in [5.74, 6) is -4.07. The van der Waals surface area contributed by atoms with Gasteiger partial charge in [-0.25, -0.2) is 22.7 Å². The molecular weight excluding hydrogens is 355 g/mol. The summed E-state index contributed by atoms with van der Waals surface area (Å²) in [7, 11) is -4.41. The van der Waals surface area contributed by atoms with E-state index >= 15 is 0 Å². The van der Waals surface area contributed by atoms with Crippen LogP contribution < -0.4 is 5.14 Å². The predicted molar refractivity (Wildman–Crippen MR) is 80.1 cm³/mol. The van der Waals surface area contributed by atoms with Crippen molar-refractivity contribution >= 4 is 27.8 Å². The molecule has 0 saturated carbocycles. The fourth-order valence-corrected chi connectivity index (χ4v) is 2.87. The van der Waals surface area contributed by atoms with E-state index in [9.17, 15) is 27.2 Å². The molecule has 2 aromatic rings. The number of halogens is 1. The van der Waals surface area contributed by atoms with Crippen LogP contribution in [-0.2, 0) is 14.9 Å². The van der Waals surface area contributed by atoms with Crippen LogP contribution in [0.1, 0.15) is 31.1 Å². The summed E-state index contributed by atoms with van der Waals surface area (Å²) in [6.07, 6.45) is 0. The molecule has 1 aliphatic heterocycles. The lowest BCUT2D eigenvalue weighted by atomic mass is 10.1. The van der Waals surface area contributed by atoms with E-state index in [0.717, 1.165) is 6.07 Å². The molecule has 0 radical (unpaired) electrons. The topological polar surface area (TPSA) is 124 Å². The standard InChI is InChI=1S/C15H9FN2O6S/c16-11-6-5-8(7-12(11)25(17,22)23)15(21)24-18-13(19)9-3-1-2-4-10(9)14(18)20/h1-7H,(H2,17,22,23). The fraction of sp³-hybridized carbons (Fsp3) is 0. The number of hydrogen-bond acceptors (Lipinski definition) is 6. The van der Waals surface area contributed by atoms with Gasteiger partial charge in [-0.05, 0) is 30.3 Å². The number of hydrogen-bond donors (Lipinski definition) is 1.